The molecule has 234 valence electrons. The van der Waals surface area contributed by atoms with Gasteiger partial charge in [-0.2, -0.15) is 5.10 Å². The topological polar surface area (TPSA) is 102 Å². The molecule has 0 saturated carbocycles. The first-order chi connectivity index (χ1) is 22.5. The zero-order valence-corrected chi connectivity index (χ0v) is 26.6. The average molecular weight is 655 g/mol. The number of benzene rings is 3. The molecule has 1 aliphatic heterocycles. The summed E-state index contributed by atoms with van der Waals surface area (Å²) in [4.78, 5) is 27.0. The maximum absolute atomic E-state index is 13.8. The standard InChI is InChI=1S/C34H31FN6O3S2/c1-44-27-15-11-24(12-16-27)28-20-29(25-9-13-26(35)14-10-25)41(39-28)32(42)22-46-34-38-37-31(21-36-33(43)30-8-5-19-45-30)40(34)18-17-23-6-3-2-4-7-23/h2-16,19,29H,17-18,20-22H2,1H3,(H,36,43). The fourth-order valence-corrected chi connectivity index (χ4v) is 6.63. The molecule has 1 aliphatic rings. The van der Waals surface area contributed by atoms with E-state index in [4.69, 9.17) is 9.84 Å². The van der Waals surface area contributed by atoms with Crippen LogP contribution in [0.2, 0.25) is 0 Å². The fraction of sp³-hybridized carbons (Fsp3) is 0.206. The van der Waals surface area contributed by atoms with Crippen LogP contribution in [0.25, 0.3) is 0 Å². The molecule has 0 saturated heterocycles. The summed E-state index contributed by atoms with van der Waals surface area (Å²) >= 11 is 2.64. The summed E-state index contributed by atoms with van der Waals surface area (Å²) < 4.78 is 21.0. The van der Waals surface area contributed by atoms with Gasteiger partial charge in [0.15, 0.2) is 11.0 Å². The van der Waals surface area contributed by atoms with Crippen LogP contribution in [0.3, 0.4) is 0 Å². The van der Waals surface area contributed by atoms with Crippen LogP contribution in [0, 0.1) is 5.82 Å². The second-order valence-corrected chi connectivity index (χ2v) is 12.4. The molecule has 2 aromatic heterocycles. The number of hydrogen-bond acceptors (Lipinski definition) is 8. The normalized spacial score (nSPS) is 14.3. The van der Waals surface area contributed by atoms with Gasteiger partial charge in [0.05, 0.1) is 36.0 Å². The van der Waals surface area contributed by atoms with Crippen LogP contribution in [0.5, 0.6) is 5.75 Å². The van der Waals surface area contributed by atoms with Crippen molar-refractivity contribution in [3.63, 3.8) is 0 Å². The van der Waals surface area contributed by atoms with E-state index in [-0.39, 0.29) is 36.0 Å². The first kappa shape index (κ1) is 31.2. The van der Waals surface area contributed by atoms with Gasteiger partial charge in [0, 0.05) is 13.0 Å². The van der Waals surface area contributed by atoms with E-state index < -0.39 is 0 Å². The molecule has 0 radical (unpaired) electrons. The van der Waals surface area contributed by atoms with Crippen molar-refractivity contribution in [2.24, 2.45) is 5.10 Å². The molecule has 3 heterocycles. The summed E-state index contributed by atoms with van der Waals surface area (Å²) in [6.45, 7) is 0.765. The number of hydrazone groups is 1. The number of nitrogens with one attached hydrogen (secondary N) is 1. The number of amides is 2. The maximum Gasteiger partial charge on any atom is 0.261 e. The number of carbonyl (C=O) groups excluding carboxylic acids is 2. The van der Waals surface area contributed by atoms with Crippen LogP contribution < -0.4 is 10.1 Å². The lowest BCUT2D eigenvalue weighted by Gasteiger charge is -2.22. The number of methoxy groups -OCH3 is 1. The van der Waals surface area contributed by atoms with Crippen molar-refractivity contribution in [2.45, 2.75) is 37.1 Å². The van der Waals surface area contributed by atoms with Gasteiger partial charge >= 0.3 is 0 Å². The molecule has 12 heteroatoms. The average Bonchev–Trinajstić information content (AvgIpc) is 3.87. The third kappa shape index (κ3) is 7.35. The van der Waals surface area contributed by atoms with E-state index in [1.54, 1.807) is 25.3 Å². The number of halogens is 1. The largest absolute Gasteiger partial charge is 0.497 e. The quantitative estimate of drug-likeness (QED) is 0.163. The Bertz CT molecular complexity index is 1810. The number of thioether (sulfide) groups is 1. The highest BCUT2D eigenvalue weighted by molar-refractivity contribution is 7.99. The highest BCUT2D eigenvalue weighted by Gasteiger charge is 2.33. The maximum atomic E-state index is 13.8. The molecule has 1 atom stereocenters. The lowest BCUT2D eigenvalue weighted by Crippen LogP contribution is -2.28. The zero-order valence-electron chi connectivity index (χ0n) is 25.0. The van der Waals surface area contributed by atoms with Gasteiger partial charge in [0.25, 0.3) is 11.8 Å². The highest BCUT2D eigenvalue weighted by Crippen LogP contribution is 2.34. The Morgan fingerprint density at radius 1 is 1.00 bits per heavy atom. The van der Waals surface area contributed by atoms with Gasteiger partial charge in [-0.1, -0.05) is 60.3 Å². The zero-order chi connectivity index (χ0) is 31.9. The van der Waals surface area contributed by atoms with Crippen LogP contribution in [0.4, 0.5) is 4.39 Å². The molecular formula is C34H31FN6O3S2. The third-order valence-electron chi connectivity index (χ3n) is 7.58. The van der Waals surface area contributed by atoms with E-state index in [0.29, 0.717) is 28.8 Å². The molecule has 46 heavy (non-hydrogen) atoms. The molecule has 0 bridgehead atoms. The van der Waals surface area contributed by atoms with Gasteiger partial charge < -0.3 is 14.6 Å². The monoisotopic (exact) mass is 654 g/mol. The van der Waals surface area contributed by atoms with Crippen molar-refractivity contribution in [1.29, 1.82) is 0 Å². The number of aromatic nitrogens is 3. The predicted molar refractivity (Wildman–Crippen MR) is 177 cm³/mol. The van der Waals surface area contributed by atoms with Crippen LogP contribution in [0.15, 0.2) is 107 Å². The summed E-state index contributed by atoms with van der Waals surface area (Å²) in [5, 5.41) is 20.4. The molecule has 3 aromatic carbocycles. The third-order valence-corrected chi connectivity index (χ3v) is 9.40. The summed E-state index contributed by atoms with van der Waals surface area (Å²) in [6, 6.07) is 27.0. The Labute approximate surface area is 274 Å². The van der Waals surface area contributed by atoms with E-state index in [1.807, 2.05) is 58.5 Å². The Hall–Kier alpha value is -4.81. The number of hydrogen-bond donors (Lipinski definition) is 1. The number of carbonyl (C=O) groups is 2. The molecule has 1 N–H and O–H groups in total. The molecule has 0 aliphatic carbocycles. The number of aryl methyl sites for hydroxylation is 1. The van der Waals surface area contributed by atoms with Crippen molar-refractivity contribution < 1.29 is 18.7 Å². The van der Waals surface area contributed by atoms with Crippen molar-refractivity contribution >= 4 is 40.6 Å². The minimum Gasteiger partial charge on any atom is -0.497 e. The summed E-state index contributed by atoms with van der Waals surface area (Å²) in [6.07, 6.45) is 1.20. The van der Waals surface area contributed by atoms with Gasteiger partial charge in [-0.15, -0.1) is 21.5 Å². The molecule has 0 fully saturated rings. The van der Waals surface area contributed by atoms with E-state index >= 15 is 0 Å². The number of thiophene rings is 1. The lowest BCUT2D eigenvalue weighted by molar-refractivity contribution is -0.130. The first-order valence-electron chi connectivity index (χ1n) is 14.7. The number of ether oxygens (including phenoxy) is 1. The molecule has 1 unspecified atom stereocenters. The Kier molecular flexibility index (Phi) is 9.85. The second kappa shape index (κ2) is 14.5. The van der Waals surface area contributed by atoms with Gasteiger partial charge in [0.1, 0.15) is 11.6 Å². The SMILES string of the molecule is COc1ccc(C2=NN(C(=O)CSc3nnc(CNC(=O)c4cccs4)n3CCc3ccccc3)C(c3ccc(F)cc3)C2)cc1. The highest BCUT2D eigenvalue weighted by atomic mass is 32.2. The van der Waals surface area contributed by atoms with Crippen LogP contribution in [-0.4, -0.2) is 50.2 Å². The van der Waals surface area contributed by atoms with E-state index in [9.17, 15) is 14.0 Å². The van der Waals surface area contributed by atoms with Crippen molar-refractivity contribution in [3.05, 3.63) is 130 Å². The Balaban J connectivity index is 1.21. The fourth-order valence-electron chi connectivity index (χ4n) is 5.16. The number of nitrogens with zero attached hydrogens (tertiary/aromatic N) is 5. The van der Waals surface area contributed by atoms with Gasteiger partial charge in [-0.05, 0) is 71.0 Å². The minimum absolute atomic E-state index is 0.0577. The van der Waals surface area contributed by atoms with E-state index in [1.165, 1.54) is 40.2 Å². The molecule has 9 nitrogen and oxygen atoms in total. The van der Waals surface area contributed by atoms with E-state index in [2.05, 4.69) is 27.6 Å². The molecular weight excluding hydrogens is 624 g/mol. The van der Waals surface area contributed by atoms with Crippen molar-refractivity contribution in [3.8, 4) is 5.75 Å². The predicted octanol–water partition coefficient (Wildman–Crippen LogP) is 6.13. The molecule has 6 rings (SSSR count). The second-order valence-electron chi connectivity index (χ2n) is 10.5. The molecule has 0 spiro atoms. The minimum atomic E-state index is -0.384. The smallest absolute Gasteiger partial charge is 0.261 e. The molecule has 2 amide bonds. The van der Waals surface area contributed by atoms with Gasteiger partial charge in [0.2, 0.25) is 0 Å². The number of rotatable bonds is 12. The van der Waals surface area contributed by atoms with Crippen LogP contribution in [0.1, 0.15) is 44.6 Å². The van der Waals surface area contributed by atoms with Crippen LogP contribution >= 0.6 is 23.1 Å². The van der Waals surface area contributed by atoms with Crippen LogP contribution in [-0.2, 0) is 24.3 Å². The summed E-state index contributed by atoms with van der Waals surface area (Å²) in [7, 11) is 1.61. The Morgan fingerprint density at radius 2 is 1.78 bits per heavy atom. The summed E-state index contributed by atoms with van der Waals surface area (Å²) in [5.74, 6) is 0.645. The Morgan fingerprint density at radius 3 is 2.50 bits per heavy atom. The van der Waals surface area contributed by atoms with Crippen molar-refractivity contribution in [1.82, 2.24) is 25.1 Å². The first-order valence-corrected chi connectivity index (χ1v) is 16.5. The van der Waals surface area contributed by atoms with Gasteiger partial charge in [-0.3, -0.25) is 9.59 Å². The van der Waals surface area contributed by atoms with Crippen molar-refractivity contribution in [2.75, 3.05) is 12.9 Å². The van der Waals surface area contributed by atoms with Gasteiger partial charge in [-0.25, -0.2) is 9.40 Å². The summed E-state index contributed by atoms with van der Waals surface area (Å²) in [5.41, 5.74) is 3.58. The lowest BCUT2D eigenvalue weighted by atomic mass is 9.98. The van der Waals surface area contributed by atoms with E-state index in [0.717, 1.165) is 34.6 Å². The molecule has 5 aromatic rings.